The molecule has 0 saturated heterocycles. The van der Waals surface area contributed by atoms with Crippen LogP contribution < -0.4 is 10.5 Å². The van der Waals surface area contributed by atoms with Crippen LogP contribution in [0.15, 0.2) is 36.4 Å². The summed E-state index contributed by atoms with van der Waals surface area (Å²) in [7, 11) is 0. The van der Waals surface area contributed by atoms with Crippen LogP contribution in [0.2, 0.25) is 0 Å². The Hall–Kier alpha value is -1.70. The molecule has 0 aliphatic carbocycles. The molecule has 0 atom stereocenters. The van der Waals surface area contributed by atoms with Crippen molar-refractivity contribution in [2.45, 2.75) is 6.92 Å². The lowest BCUT2D eigenvalue weighted by molar-refractivity contribution is 0.344. The summed E-state index contributed by atoms with van der Waals surface area (Å²) in [6.45, 7) is 2.62. The molecule has 2 aromatic carbocycles. The standard InChI is InChI=1S/C12H12NO/c1-2-14-12-8-4-5-9-10(12)6-3-7-11(9)13/h3-8,13H,2H2,1H3. The van der Waals surface area contributed by atoms with Crippen molar-refractivity contribution in [3.63, 3.8) is 0 Å². The van der Waals surface area contributed by atoms with E-state index in [0.717, 1.165) is 16.5 Å². The van der Waals surface area contributed by atoms with Crippen LogP contribution in [0.25, 0.3) is 10.8 Å². The minimum Gasteiger partial charge on any atom is -0.493 e. The van der Waals surface area contributed by atoms with Gasteiger partial charge in [0.15, 0.2) is 0 Å². The van der Waals surface area contributed by atoms with Gasteiger partial charge < -0.3 is 10.5 Å². The van der Waals surface area contributed by atoms with Crippen molar-refractivity contribution >= 4 is 16.5 Å². The zero-order chi connectivity index (χ0) is 9.97. The first-order valence-corrected chi connectivity index (χ1v) is 4.69. The third kappa shape index (κ3) is 1.39. The lowest BCUT2D eigenvalue weighted by atomic mass is 10.1. The van der Waals surface area contributed by atoms with Crippen molar-refractivity contribution in [1.82, 2.24) is 5.73 Å². The molecule has 0 heterocycles. The molecular weight excluding hydrogens is 174 g/mol. The van der Waals surface area contributed by atoms with E-state index in [1.165, 1.54) is 0 Å². The normalized spacial score (nSPS) is 10.4. The summed E-state index contributed by atoms with van der Waals surface area (Å²) in [5.41, 5.74) is 8.28. The monoisotopic (exact) mass is 186 g/mol. The summed E-state index contributed by atoms with van der Waals surface area (Å²) in [6, 6.07) is 11.5. The molecule has 0 fully saturated rings. The topological polar surface area (TPSA) is 33.0 Å². The Kier molecular flexibility index (Phi) is 2.27. The highest BCUT2D eigenvalue weighted by Crippen LogP contribution is 2.29. The van der Waals surface area contributed by atoms with Gasteiger partial charge in [-0.05, 0) is 19.1 Å². The second-order valence-electron chi connectivity index (χ2n) is 3.09. The van der Waals surface area contributed by atoms with Crippen LogP contribution in [0.1, 0.15) is 6.92 Å². The highest BCUT2D eigenvalue weighted by atomic mass is 16.5. The molecule has 1 radical (unpaired) electrons. The van der Waals surface area contributed by atoms with E-state index in [-0.39, 0.29) is 0 Å². The van der Waals surface area contributed by atoms with Gasteiger partial charge >= 0.3 is 0 Å². The van der Waals surface area contributed by atoms with Crippen molar-refractivity contribution in [2.24, 2.45) is 0 Å². The summed E-state index contributed by atoms with van der Waals surface area (Å²) in [6.07, 6.45) is 0. The molecule has 14 heavy (non-hydrogen) atoms. The third-order valence-corrected chi connectivity index (χ3v) is 2.18. The summed E-state index contributed by atoms with van der Waals surface area (Å²) in [4.78, 5) is 0. The first-order valence-electron chi connectivity index (χ1n) is 4.69. The highest BCUT2D eigenvalue weighted by molar-refractivity contribution is 5.95. The molecule has 0 bridgehead atoms. The minimum absolute atomic E-state index is 0.545. The van der Waals surface area contributed by atoms with Gasteiger partial charge in [0.1, 0.15) is 5.75 Å². The van der Waals surface area contributed by atoms with E-state index >= 15 is 0 Å². The Balaban J connectivity index is 2.68. The molecular formula is C12H12NO. The maximum Gasteiger partial charge on any atom is 0.127 e. The van der Waals surface area contributed by atoms with Crippen molar-refractivity contribution in [1.29, 1.82) is 0 Å². The largest absolute Gasteiger partial charge is 0.493 e. The van der Waals surface area contributed by atoms with E-state index in [9.17, 15) is 0 Å². The smallest absolute Gasteiger partial charge is 0.127 e. The molecule has 2 nitrogen and oxygen atoms in total. The number of hydrogen-bond acceptors (Lipinski definition) is 1. The molecule has 2 rings (SSSR count). The van der Waals surface area contributed by atoms with Crippen LogP contribution in [0.3, 0.4) is 0 Å². The average Bonchev–Trinajstić information content (AvgIpc) is 2.20. The Morgan fingerprint density at radius 1 is 1.07 bits per heavy atom. The number of benzene rings is 2. The first-order chi connectivity index (χ1) is 6.83. The predicted molar refractivity (Wildman–Crippen MR) is 57.9 cm³/mol. The van der Waals surface area contributed by atoms with Gasteiger partial charge in [-0.3, -0.25) is 0 Å². The Morgan fingerprint density at radius 3 is 2.57 bits per heavy atom. The van der Waals surface area contributed by atoms with Gasteiger partial charge in [0, 0.05) is 10.8 Å². The Bertz CT molecular complexity index is 451. The fraction of sp³-hybridized carbons (Fsp3) is 0.167. The van der Waals surface area contributed by atoms with Crippen LogP contribution in [-0.4, -0.2) is 6.61 Å². The zero-order valence-corrected chi connectivity index (χ0v) is 8.08. The van der Waals surface area contributed by atoms with E-state index in [1.807, 2.05) is 37.3 Å². The molecule has 71 valence electrons. The molecule has 0 unspecified atom stereocenters. The molecule has 0 aromatic heterocycles. The summed E-state index contributed by atoms with van der Waals surface area (Å²) in [5, 5.41) is 1.96. The van der Waals surface area contributed by atoms with Crippen molar-refractivity contribution in [3.05, 3.63) is 36.4 Å². The predicted octanol–water partition coefficient (Wildman–Crippen LogP) is 3.15. The van der Waals surface area contributed by atoms with E-state index in [4.69, 9.17) is 10.5 Å². The average molecular weight is 186 g/mol. The van der Waals surface area contributed by atoms with Crippen molar-refractivity contribution in [2.75, 3.05) is 6.61 Å². The van der Waals surface area contributed by atoms with Crippen molar-refractivity contribution in [3.8, 4) is 5.75 Å². The summed E-state index contributed by atoms with van der Waals surface area (Å²) < 4.78 is 5.49. The molecule has 0 aliphatic heterocycles. The van der Waals surface area contributed by atoms with Gasteiger partial charge in [-0.15, -0.1) is 0 Å². The lowest BCUT2D eigenvalue weighted by Crippen LogP contribution is -1.92. The quantitative estimate of drug-likeness (QED) is 0.709. The van der Waals surface area contributed by atoms with Crippen LogP contribution in [0.5, 0.6) is 5.75 Å². The van der Waals surface area contributed by atoms with Gasteiger partial charge in [0.2, 0.25) is 0 Å². The van der Waals surface area contributed by atoms with Gasteiger partial charge in [-0.2, -0.15) is 0 Å². The van der Waals surface area contributed by atoms with Gasteiger partial charge in [-0.25, -0.2) is 0 Å². The Morgan fingerprint density at radius 2 is 1.79 bits per heavy atom. The Labute approximate surface area is 83.3 Å². The number of ether oxygens (including phenoxy) is 1. The van der Waals surface area contributed by atoms with E-state index in [1.54, 1.807) is 6.07 Å². The summed E-state index contributed by atoms with van der Waals surface area (Å²) in [5.74, 6) is 0.860. The van der Waals surface area contributed by atoms with Crippen molar-refractivity contribution < 1.29 is 4.74 Å². The number of hydrogen-bond donors (Lipinski definition) is 0. The second kappa shape index (κ2) is 3.58. The van der Waals surface area contributed by atoms with E-state index in [2.05, 4.69) is 0 Å². The molecule has 0 aliphatic rings. The molecule has 2 aromatic rings. The first kappa shape index (κ1) is 8.88. The maximum absolute atomic E-state index is 7.74. The number of rotatable bonds is 2. The molecule has 1 N–H and O–H groups in total. The van der Waals surface area contributed by atoms with E-state index in [0.29, 0.717) is 12.3 Å². The number of fused-ring (bicyclic) bond motifs is 1. The van der Waals surface area contributed by atoms with Crippen LogP contribution in [-0.2, 0) is 0 Å². The molecule has 0 amide bonds. The minimum atomic E-state index is 0.545. The number of nitrogens with one attached hydrogen (secondary N) is 1. The van der Waals surface area contributed by atoms with E-state index < -0.39 is 0 Å². The molecule has 0 spiro atoms. The van der Waals surface area contributed by atoms with Crippen LogP contribution in [0, 0.1) is 0 Å². The lowest BCUT2D eigenvalue weighted by Gasteiger charge is -2.07. The van der Waals surface area contributed by atoms with Crippen LogP contribution >= 0.6 is 0 Å². The SMILES string of the molecule is CCOc1cccc2c([NH])cccc12. The van der Waals surface area contributed by atoms with Crippen LogP contribution in [0.4, 0.5) is 5.69 Å². The van der Waals surface area contributed by atoms with Gasteiger partial charge in [0.25, 0.3) is 0 Å². The van der Waals surface area contributed by atoms with Gasteiger partial charge in [0.05, 0.1) is 12.3 Å². The summed E-state index contributed by atoms with van der Waals surface area (Å²) >= 11 is 0. The maximum atomic E-state index is 7.74. The molecule has 0 saturated carbocycles. The highest BCUT2D eigenvalue weighted by Gasteiger charge is 2.02. The fourth-order valence-electron chi connectivity index (χ4n) is 1.56. The zero-order valence-electron chi connectivity index (χ0n) is 8.08. The molecule has 2 heteroatoms. The second-order valence-corrected chi connectivity index (χ2v) is 3.09. The fourth-order valence-corrected chi connectivity index (χ4v) is 1.56. The van der Waals surface area contributed by atoms with Gasteiger partial charge in [-0.1, -0.05) is 24.3 Å². The third-order valence-electron chi connectivity index (χ3n) is 2.18.